The van der Waals surface area contributed by atoms with Gasteiger partial charge in [-0.2, -0.15) is 0 Å². The van der Waals surface area contributed by atoms with Crippen molar-refractivity contribution >= 4 is 17.5 Å². The van der Waals surface area contributed by atoms with Gasteiger partial charge in [-0.1, -0.05) is 26.0 Å². The minimum atomic E-state index is -0.185. The lowest BCUT2D eigenvalue weighted by atomic mass is 10.1. The van der Waals surface area contributed by atoms with Gasteiger partial charge in [-0.3, -0.25) is 9.59 Å². The standard InChI is InChI=1S/C19H29N3O3/c1-3-21(4-2)13-14-25-17-10-6-5-9-16(17)20-18(23)15-22-12-8-7-11-19(22)24/h5-6,9-10H,3-4,7-8,11-15H2,1-2H3,(H,20,23). The van der Waals surface area contributed by atoms with Gasteiger partial charge in [-0.15, -0.1) is 0 Å². The quantitative estimate of drug-likeness (QED) is 0.745. The van der Waals surface area contributed by atoms with Gasteiger partial charge in [0.2, 0.25) is 11.8 Å². The van der Waals surface area contributed by atoms with E-state index in [2.05, 4.69) is 24.1 Å². The molecule has 1 N–H and O–H groups in total. The lowest BCUT2D eigenvalue weighted by Crippen LogP contribution is -2.40. The van der Waals surface area contributed by atoms with Crippen LogP contribution in [0.15, 0.2) is 24.3 Å². The predicted molar refractivity (Wildman–Crippen MR) is 98.8 cm³/mol. The Balaban J connectivity index is 1.88. The van der Waals surface area contributed by atoms with E-state index in [-0.39, 0.29) is 18.4 Å². The van der Waals surface area contributed by atoms with Crippen molar-refractivity contribution in [2.24, 2.45) is 0 Å². The van der Waals surface area contributed by atoms with Crippen LogP contribution in [0.25, 0.3) is 0 Å². The zero-order valence-corrected chi connectivity index (χ0v) is 15.3. The first-order valence-corrected chi connectivity index (χ1v) is 9.15. The summed E-state index contributed by atoms with van der Waals surface area (Å²) in [7, 11) is 0. The molecule has 138 valence electrons. The maximum Gasteiger partial charge on any atom is 0.244 e. The number of benzene rings is 1. The maximum absolute atomic E-state index is 12.3. The number of likely N-dealkylation sites (tertiary alicyclic amines) is 1. The molecular weight excluding hydrogens is 318 g/mol. The average Bonchev–Trinajstić information content (AvgIpc) is 2.62. The number of anilines is 1. The van der Waals surface area contributed by atoms with Crippen molar-refractivity contribution < 1.29 is 14.3 Å². The van der Waals surface area contributed by atoms with Crippen LogP contribution in [0.1, 0.15) is 33.1 Å². The number of nitrogens with one attached hydrogen (secondary N) is 1. The summed E-state index contributed by atoms with van der Waals surface area (Å²) in [6, 6.07) is 7.42. The lowest BCUT2D eigenvalue weighted by Gasteiger charge is -2.26. The number of nitrogens with zero attached hydrogens (tertiary/aromatic N) is 2. The van der Waals surface area contributed by atoms with Crippen LogP contribution in [0.3, 0.4) is 0 Å². The van der Waals surface area contributed by atoms with E-state index in [1.54, 1.807) is 4.90 Å². The first kappa shape index (κ1) is 19.2. The Morgan fingerprint density at radius 1 is 1.24 bits per heavy atom. The number of piperidine rings is 1. The van der Waals surface area contributed by atoms with Gasteiger partial charge in [0, 0.05) is 19.5 Å². The van der Waals surface area contributed by atoms with E-state index in [4.69, 9.17) is 4.74 Å². The molecule has 1 aromatic rings. The molecule has 1 heterocycles. The highest BCUT2D eigenvalue weighted by molar-refractivity contribution is 5.95. The summed E-state index contributed by atoms with van der Waals surface area (Å²) in [4.78, 5) is 28.0. The Kier molecular flexibility index (Phi) is 7.73. The van der Waals surface area contributed by atoms with Crippen molar-refractivity contribution in [3.05, 3.63) is 24.3 Å². The van der Waals surface area contributed by atoms with E-state index in [1.165, 1.54) is 0 Å². The van der Waals surface area contributed by atoms with Crippen LogP contribution in [-0.4, -0.2) is 60.9 Å². The molecule has 2 rings (SSSR count). The smallest absolute Gasteiger partial charge is 0.244 e. The van der Waals surface area contributed by atoms with E-state index in [9.17, 15) is 9.59 Å². The summed E-state index contributed by atoms with van der Waals surface area (Å²) in [6.07, 6.45) is 2.42. The van der Waals surface area contributed by atoms with Gasteiger partial charge in [-0.05, 0) is 38.1 Å². The fraction of sp³-hybridized carbons (Fsp3) is 0.579. The Labute approximate surface area is 150 Å². The van der Waals surface area contributed by atoms with Crippen LogP contribution in [0.5, 0.6) is 5.75 Å². The molecule has 0 unspecified atom stereocenters. The maximum atomic E-state index is 12.3. The molecule has 1 fully saturated rings. The Morgan fingerprint density at radius 3 is 2.72 bits per heavy atom. The molecule has 1 saturated heterocycles. The van der Waals surface area contributed by atoms with Crippen LogP contribution < -0.4 is 10.1 Å². The highest BCUT2D eigenvalue weighted by Crippen LogP contribution is 2.23. The molecule has 0 bridgehead atoms. The summed E-state index contributed by atoms with van der Waals surface area (Å²) in [6.45, 7) is 8.40. The van der Waals surface area contributed by atoms with Crippen LogP contribution in [0.2, 0.25) is 0 Å². The molecule has 1 aromatic carbocycles. The Morgan fingerprint density at radius 2 is 2.00 bits per heavy atom. The second kappa shape index (κ2) is 10.0. The minimum Gasteiger partial charge on any atom is -0.490 e. The Hall–Kier alpha value is -2.08. The number of carbonyl (C=O) groups excluding carboxylic acids is 2. The van der Waals surface area contributed by atoms with E-state index in [0.717, 1.165) is 32.5 Å². The van der Waals surface area contributed by atoms with Crippen molar-refractivity contribution in [2.75, 3.05) is 44.6 Å². The van der Waals surface area contributed by atoms with Gasteiger partial charge in [0.25, 0.3) is 0 Å². The average molecular weight is 347 g/mol. The minimum absolute atomic E-state index is 0.0603. The predicted octanol–water partition coefficient (Wildman–Crippen LogP) is 2.36. The third-order valence-corrected chi connectivity index (χ3v) is 4.48. The van der Waals surface area contributed by atoms with Crippen LogP contribution in [0, 0.1) is 0 Å². The summed E-state index contributed by atoms with van der Waals surface area (Å²) in [5.74, 6) is 0.535. The number of rotatable bonds is 9. The van der Waals surface area contributed by atoms with E-state index in [1.807, 2.05) is 24.3 Å². The molecule has 25 heavy (non-hydrogen) atoms. The highest BCUT2D eigenvalue weighted by atomic mass is 16.5. The van der Waals surface area contributed by atoms with Crippen molar-refractivity contribution in [3.63, 3.8) is 0 Å². The zero-order chi connectivity index (χ0) is 18.1. The Bertz CT molecular complexity index is 573. The third kappa shape index (κ3) is 6.05. The molecule has 0 saturated carbocycles. The monoisotopic (exact) mass is 347 g/mol. The third-order valence-electron chi connectivity index (χ3n) is 4.48. The molecule has 0 atom stereocenters. The number of likely N-dealkylation sites (N-methyl/N-ethyl adjacent to an activating group) is 1. The SMILES string of the molecule is CCN(CC)CCOc1ccccc1NC(=O)CN1CCCCC1=O. The van der Waals surface area contributed by atoms with Gasteiger partial charge >= 0.3 is 0 Å². The van der Waals surface area contributed by atoms with Crippen molar-refractivity contribution in [1.82, 2.24) is 9.80 Å². The highest BCUT2D eigenvalue weighted by Gasteiger charge is 2.20. The molecule has 0 radical (unpaired) electrons. The number of hydrogen-bond acceptors (Lipinski definition) is 4. The first-order chi connectivity index (χ1) is 12.1. The largest absolute Gasteiger partial charge is 0.490 e. The van der Waals surface area contributed by atoms with Crippen LogP contribution in [-0.2, 0) is 9.59 Å². The summed E-state index contributed by atoms with van der Waals surface area (Å²) in [5, 5.41) is 2.87. The van der Waals surface area contributed by atoms with Gasteiger partial charge in [0.15, 0.2) is 0 Å². The van der Waals surface area contributed by atoms with Crippen molar-refractivity contribution in [3.8, 4) is 5.75 Å². The second-order valence-corrected chi connectivity index (χ2v) is 6.19. The molecule has 0 spiro atoms. The van der Waals surface area contributed by atoms with Gasteiger partial charge in [0.1, 0.15) is 12.4 Å². The molecule has 1 aliphatic rings. The first-order valence-electron chi connectivity index (χ1n) is 9.15. The molecule has 2 amide bonds. The summed E-state index contributed by atoms with van der Waals surface area (Å²) >= 11 is 0. The lowest BCUT2D eigenvalue weighted by molar-refractivity contribution is -0.136. The van der Waals surface area contributed by atoms with E-state index < -0.39 is 0 Å². The van der Waals surface area contributed by atoms with Crippen molar-refractivity contribution in [1.29, 1.82) is 0 Å². The van der Waals surface area contributed by atoms with Crippen molar-refractivity contribution in [2.45, 2.75) is 33.1 Å². The molecule has 1 aliphatic heterocycles. The van der Waals surface area contributed by atoms with E-state index >= 15 is 0 Å². The topological polar surface area (TPSA) is 61.9 Å². The number of ether oxygens (including phenoxy) is 1. The molecule has 6 heteroatoms. The number of carbonyl (C=O) groups is 2. The molecule has 0 aliphatic carbocycles. The van der Waals surface area contributed by atoms with Crippen LogP contribution in [0.4, 0.5) is 5.69 Å². The second-order valence-electron chi connectivity index (χ2n) is 6.19. The van der Waals surface area contributed by atoms with Crippen LogP contribution >= 0.6 is 0 Å². The number of hydrogen-bond donors (Lipinski definition) is 1. The fourth-order valence-corrected chi connectivity index (χ4v) is 2.91. The van der Waals surface area contributed by atoms with Gasteiger partial charge in [0.05, 0.1) is 12.2 Å². The van der Waals surface area contributed by atoms with E-state index in [0.29, 0.717) is 31.0 Å². The normalized spacial score (nSPS) is 14.7. The summed E-state index contributed by atoms with van der Waals surface area (Å²) in [5.41, 5.74) is 0.650. The molecule has 6 nitrogen and oxygen atoms in total. The zero-order valence-electron chi connectivity index (χ0n) is 15.3. The number of amides is 2. The number of para-hydroxylation sites is 2. The molecule has 0 aromatic heterocycles. The van der Waals surface area contributed by atoms with Gasteiger partial charge in [-0.25, -0.2) is 0 Å². The fourth-order valence-electron chi connectivity index (χ4n) is 2.91. The summed E-state index contributed by atoms with van der Waals surface area (Å²) < 4.78 is 5.85. The van der Waals surface area contributed by atoms with Gasteiger partial charge < -0.3 is 19.9 Å². The molecular formula is C19H29N3O3.